The summed E-state index contributed by atoms with van der Waals surface area (Å²) in [4.78, 5) is 25.2. The lowest BCUT2D eigenvalue weighted by Gasteiger charge is -2.17. The highest BCUT2D eigenvalue weighted by Gasteiger charge is 2.21. The Hall–Kier alpha value is -3.28. The van der Waals surface area contributed by atoms with E-state index in [1.54, 1.807) is 0 Å². The van der Waals surface area contributed by atoms with Crippen molar-refractivity contribution in [2.45, 2.75) is 85.0 Å². The molecule has 0 aliphatic rings. The van der Waals surface area contributed by atoms with Crippen LogP contribution < -0.4 is 9.47 Å². The van der Waals surface area contributed by atoms with Gasteiger partial charge in [0.2, 0.25) is 0 Å². The van der Waals surface area contributed by atoms with Gasteiger partial charge in [0.25, 0.3) is 0 Å². The Balaban J connectivity index is 2.01. The van der Waals surface area contributed by atoms with Gasteiger partial charge in [-0.1, -0.05) is 95.7 Å². The molecular weight excluding hydrogens is 468 g/mol. The summed E-state index contributed by atoms with van der Waals surface area (Å²) in [5.74, 6) is 0.807. The molecule has 0 saturated carbocycles. The van der Waals surface area contributed by atoms with Crippen molar-refractivity contribution in [3.8, 4) is 11.5 Å². The molecule has 0 aliphatic heterocycles. The molecule has 0 N–H and O–H groups in total. The molecule has 200 valence electrons. The van der Waals surface area contributed by atoms with E-state index in [4.69, 9.17) is 18.9 Å². The summed E-state index contributed by atoms with van der Waals surface area (Å²) in [7, 11) is 0. The van der Waals surface area contributed by atoms with Crippen LogP contribution in [0.1, 0.15) is 84.1 Å². The zero-order chi connectivity index (χ0) is 26.5. The summed E-state index contributed by atoms with van der Waals surface area (Å²) in [6.45, 7) is 7.00. The molecule has 0 atom stereocenters. The van der Waals surface area contributed by atoms with E-state index in [0.717, 1.165) is 69.8 Å². The van der Waals surface area contributed by atoms with Gasteiger partial charge in [-0.05, 0) is 37.3 Å². The quantitative estimate of drug-likeness (QED) is 0.0935. The molecule has 3 aromatic rings. The first-order valence-electron chi connectivity index (χ1n) is 13.8. The van der Waals surface area contributed by atoms with Gasteiger partial charge in [-0.25, -0.2) is 9.59 Å². The average Bonchev–Trinajstić information content (AvgIpc) is 2.91. The smallest absolute Gasteiger partial charge is 0.434 e. The monoisotopic (exact) mass is 508 g/mol. The molecule has 0 unspecified atom stereocenters. The van der Waals surface area contributed by atoms with E-state index in [2.05, 4.69) is 20.8 Å². The van der Waals surface area contributed by atoms with E-state index in [0.29, 0.717) is 46.3 Å². The van der Waals surface area contributed by atoms with Crippen LogP contribution in [0.2, 0.25) is 0 Å². The summed E-state index contributed by atoms with van der Waals surface area (Å²) >= 11 is 0. The Labute approximate surface area is 220 Å². The van der Waals surface area contributed by atoms with Crippen LogP contribution in [0.4, 0.5) is 9.59 Å². The van der Waals surface area contributed by atoms with Crippen molar-refractivity contribution in [3.63, 3.8) is 0 Å². The summed E-state index contributed by atoms with van der Waals surface area (Å²) in [6, 6.07) is 13.4. The summed E-state index contributed by atoms with van der Waals surface area (Å²) in [5.41, 5.74) is 1.13. The normalized spacial score (nSPS) is 11.0. The fourth-order valence-electron chi connectivity index (χ4n) is 4.34. The number of rotatable bonds is 14. The number of carbonyl (C=O) groups excluding carboxylic acids is 2. The molecule has 6 heteroatoms. The molecule has 0 aliphatic carbocycles. The van der Waals surface area contributed by atoms with Gasteiger partial charge in [-0.2, -0.15) is 0 Å². The van der Waals surface area contributed by atoms with Crippen LogP contribution in [-0.4, -0.2) is 25.5 Å². The van der Waals surface area contributed by atoms with Crippen LogP contribution in [0.5, 0.6) is 11.5 Å². The predicted molar refractivity (Wildman–Crippen MR) is 148 cm³/mol. The van der Waals surface area contributed by atoms with E-state index >= 15 is 0 Å². The molecule has 3 aromatic carbocycles. The van der Waals surface area contributed by atoms with Gasteiger partial charge in [0.15, 0.2) is 0 Å². The Morgan fingerprint density at radius 2 is 1.08 bits per heavy atom. The third-order valence-corrected chi connectivity index (χ3v) is 6.36. The van der Waals surface area contributed by atoms with Gasteiger partial charge in [0.1, 0.15) is 11.5 Å². The van der Waals surface area contributed by atoms with Gasteiger partial charge in [0, 0.05) is 21.5 Å². The average molecular weight is 509 g/mol. The fourth-order valence-corrected chi connectivity index (χ4v) is 4.34. The van der Waals surface area contributed by atoms with Crippen LogP contribution in [0.25, 0.3) is 21.5 Å². The molecule has 0 fully saturated rings. The molecule has 0 saturated heterocycles. The standard InChI is InChI=1S/C31H40O6/c1-4-7-10-15-23-18-19-26-27(22-23)29(37-31(33)35-21-14-9-6-3)25-17-12-11-16-24(25)28(26)36-30(32)34-20-13-8-5-2/h11-12,16-19,22H,4-10,13-15,20-21H2,1-3H3. The number of benzene rings is 3. The first-order valence-corrected chi connectivity index (χ1v) is 13.8. The van der Waals surface area contributed by atoms with Crippen LogP contribution >= 0.6 is 0 Å². The number of aryl methyl sites for hydroxylation is 1. The number of carbonyl (C=O) groups is 2. The molecule has 37 heavy (non-hydrogen) atoms. The Morgan fingerprint density at radius 3 is 1.62 bits per heavy atom. The summed E-state index contributed by atoms with van der Waals surface area (Å²) in [5, 5.41) is 2.71. The second-order valence-electron chi connectivity index (χ2n) is 9.36. The Kier molecular flexibility index (Phi) is 11.5. The molecule has 0 aromatic heterocycles. The van der Waals surface area contributed by atoms with Crippen LogP contribution in [0.3, 0.4) is 0 Å². The van der Waals surface area contributed by atoms with Gasteiger partial charge >= 0.3 is 12.3 Å². The van der Waals surface area contributed by atoms with Crippen molar-refractivity contribution in [1.82, 2.24) is 0 Å². The second kappa shape index (κ2) is 15.1. The van der Waals surface area contributed by atoms with Gasteiger partial charge in [-0.3, -0.25) is 0 Å². The molecule has 3 rings (SSSR count). The van der Waals surface area contributed by atoms with Crippen molar-refractivity contribution in [3.05, 3.63) is 48.0 Å². The highest BCUT2D eigenvalue weighted by molar-refractivity contribution is 6.12. The highest BCUT2D eigenvalue weighted by atomic mass is 16.7. The van der Waals surface area contributed by atoms with Gasteiger partial charge in [0.05, 0.1) is 13.2 Å². The number of hydrogen-bond acceptors (Lipinski definition) is 6. The molecule has 0 spiro atoms. The van der Waals surface area contributed by atoms with E-state index < -0.39 is 12.3 Å². The molecule has 0 heterocycles. The zero-order valence-corrected chi connectivity index (χ0v) is 22.5. The van der Waals surface area contributed by atoms with Gasteiger partial charge < -0.3 is 18.9 Å². The fraction of sp³-hybridized carbons (Fsp3) is 0.484. The third kappa shape index (κ3) is 8.11. The number of unbranched alkanes of at least 4 members (excludes halogenated alkanes) is 6. The van der Waals surface area contributed by atoms with Crippen LogP contribution in [-0.2, 0) is 15.9 Å². The maximum Gasteiger partial charge on any atom is 0.513 e. The van der Waals surface area contributed by atoms with E-state index in [9.17, 15) is 9.59 Å². The number of ether oxygens (including phenoxy) is 4. The third-order valence-electron chi connectivity index (χ3n) is 6.36. The van der Waals surface area contributed by atoms with Crippen LogP contribution in [0, 0.1) is 0 Å². The topological polar surface area (TPSA) is 71.1 Å². The van der Waals surface area contributed by atoms with Crippen molar-refractivity contribution < 1.29 is 28.5 Å². The molecule has 0 amide bonds. The van der Waals surface area contributed by atoms with Crippen LogP contribution in [0.15, 0.2) is 42.5 Å². The number of hydrogen-bond donors (Lipinski definition) is 0. The maximum atomic E-state index is 12.6. The molecule has 0 bridgehead atoms. The van der Waals surface area contributed by atoms with E-state index in [1.807, 2.05) is 42.5 Å². The van der Waals surface area contributed by atoms with Crippen molar-refractivity contribution in [2.24, 2.45) is 0 Å². The minimum Gasteiger partial charge on any atom is -0.434 e. The molecular formula is C31H40O6. The van der Waals surface area contributed by atoms with E-state index in [1.165, 1.54) is 0 Å². The minimum atomic E-state index is -0.737. The largest absolute Gasteiger partial charge is 0.513 e. The second-order valence-corrected chi connectivity index (χ2v) is 9.36. The lowest BCUT2D eigenvalue weighted by molar-refractivity contribution is 0.0966. The first kappa shape index (κ1) is 28.3. The number of fused-ring (bicyclic) bond motifs is 2. The molecule has 0 radical (unpaired) electrons. The molecule has 6 nitrogen and oxygen atoms in total. The minimum absolute atomic E-state index is 0.315. The summed E-state index contributed by atoms with van der Waals surface area (Å²) < 4.78 is 22.3. The maximum absolute atomic E-state index is 12.6. The van der Waals surface area contributed by atoms with Crippen molar-refractivity contribution >= 4 is 33.9 Å². The Morgan fingerprint density at radius 1 is 0.595 bits per heavy atom. The first-order chi connectivity index (χ1) is 18.1. The predicted octanol–water partition coefficient (Wildman–Crippen LogP) is 9.14. The zero-order valence-electron chi connectivity index (χ0n) is 22.5. The van der Waals surface area contributed by atoms with Gasteiger partial charge in [-0.15, -0.1) is 0 Å². The summed E-state index contributed by atoms with van der Waals surface area (Å²) in [6.07, 6.45) is 8.42. The Bertz CT molecular complexity index is 1170. The van der Waals surface area contributed by atoms with E-state index in [-0.39, 0.29) is 0 Å². The van der Waals surface area contributed by atoms with Crippen molar-refractivity contribution in [1.29, 1.82) is 0 Å². The lowest BCUT2D eigenvalue weighted by Crippen LogP contribution is -2.14. The van der Waals surface area contributed by atoms with Crippen molar-refractivity contribution in [2.75, 3.05) is 13.2 Å². The highest BCUT2D eigenvalue weighted by Crippen LogP contribution is 2.43. The lowest BCUT2D eigenvalue weighted by atomic mass is 9.97. The SMILES string of the molecule is CCCCCOC(=O)Oc1c2ccccc2c(OC(=O)OCCCCC)c2cc(CCCCC)ccc12.